The van der Waals surface area contributed by atoms with Crippen LogP contribution in [0.15, 0.2) is 42.5 Å². The smallest absolute Gasteiger partial charge is 0.122 e. The zero-order chi connectivity index (χ0) is 13.5. The van der Waals surface area contributed by atoms with Crippen LogP contribution in [0.4, 0.5) is 0 Å². The van der Waals surface area contributed by atoms with Gasteiger partial charge in [-0.05, 0) is 18.4 Å². The molecule has 2 atom stereocenters. The zero-order valence-corrected chi connectivity index (χ0v) is 11.1. The van der Waals surface area contributed by atoms with Crippen molar-refractivity contribution in [3.8, 4) is 0 Å². The molecule has 0 N–H and O–H groups in total. The average Bonchev–Trinajstić information content (AvgIpc) is 2.40. The number of carbonyl (C=O) groups is 1. The number of rotatable bonds is 6. The van der Waals surface area contributed by atoms with E-state index in [4.69, 9.17) is 9.47 Å². The number of aldehydes is 1. The van der Waals surface area contributed by atoms with Gasteiger partial charge in [0.15, 0.2) is 0 Å². The third-order valence-electron chi connectivity index (χ3n) is 3.19. The summed E-state index contributed by atoms with van der Waals surface area (Å²) in [6, 6.07) is 10.1. The van der Waals surface area contributed by atoms with Crippen LogP contribution in [0.2, 0.25) is 0 Å². The second kappa shape index (κ2) is 7.22. The second-order valence-corrected chi connectivity index (χ2v) is 4.94. The van der Waals surface area contributed by atoms with Crippen molar-refractivity contribution in [2.24, 2.45) is 0 Å². The lowest BCUT2D eigenvalue weighted by Gasteiger charge is -2.30. The van der Waals surface area contributed by atoms with E-state index in [0.717, 1.165) is 30.3 Å². The first kappa shape index (κ1) is 14.0. The number of ether oxygens (including phenoxy) is 2. The van der Waals surface area contributed by atoms with Gasteiger partial charge in [-0.2, -0.15) is 0 Å². The molecular formula is C16H20O3. The van der Waals surface area contributed by atoms with Crippen molar-refractivity contribution < 1.29 is 14.3 Å². The van der Waals surface area contributed by atoms with Crippen LogP contribution in [0.5, 0.6) is 0 Å². The minimum atomic E-state index is -0.0240. The molecule has 1 aromatic rings. The van der Waals surface area contributed by atoms with Gasteiger partial charge in [-0.25, -0.2) is 0 Å². The topological polar surface area (TPSA) is 35.5 Å². The summed E-state index contributed by atoms with van der Waals surface area (Å²) in [5, 5.41) is 0. The third kappa shape index (κ3) is 4.62. The van der Waals surface area contributed by atoms with Gasteiger partial charge in [0.1, 0.15) is 6.29 Å². The van der Waals surface area contributed by atoms with Crippen LogP contribution >= 0.6 is 0 Å². The van der Waals surface area contributed by atoms with Crippen LogP contribution in [-0.4, -0.2) is 25.1 Å². The molecule has 3 heteroatoms. The summed E-state index contributed by atoms with van der Waals surface area (Å²) in [5.74, 6) is 0. The molecule has 1 aromatic carbocycles. The van der Waals surface area contributed by atoms with Crippen LogP contribution in [0, 0.1) is 0 Å². The summed E-state index contributed by atoms with van der Waals surface area (Å²) < 4.78 is 11.5. The molecule has 1 aliphatic rings. The van der Waals surface area contributed by atoms with Crippen LogP contribution in [0.25, 0.3) is 0 Å². The average molecular weight is 260 g/mol. The molecule has 1 saturated heterocycles. The van der Waals surface area contributed by atoms with Crippen molar-refractivity contribution in [3.05, 3.63) is 48.0 Å². The third-order valence-corrected chi connectivity index (χ3v) is 3.19. The summed E-state index contributed by atoms with van der Waals surface area (Å²) >= 11 is 0. The highest BCUT2D eigenvalue weighted by atomic mass is 16.5. The lowest BCUT2D eigenvalue weighted by atomic mass is 9.98. The van der Waals surface area contributed by atoms with E-state index in [1.54, 1.807) is 0 Å². The van der Waals surface area contributed by atoms with Gasteiger partial charge in [-0.15, -0.1) is 0 Å². The highest BCUT2D eigenvalue weighted by molar-refractivity contribution is 5.50. The van der Waals surface area contributed by atoms with Crippen molar-refractivity contribution in [1.29, 1.82) is 0 Å². The van der Waals surface area contributed by atoms with Crippen LogP contribution < -0.4 is 0 Å². The van der Waals surface area contributed by atoms with Gasteiger partial charge in [0, 0.05) is 6.42 Å². The Morgan fingerprint density at radius 1 is 1.26 bits per heavy atom. The molecule has 2 rings (SSSR count). The summed E-state index contributed by atoms with van der Waals surface area (Å²) in [6.45, 7) is 5.15. The van der Waals surface area contributed by atoms with Crippen LogP contribution in [-0.2, 0) is 20.9 Å². The molecular weight excluding hydrogens is 240 g/mol. The SMILES string of the molecule is C=C1C[C@@H](CC=O)O[C@@H](COCc2ccccc2)C1. The molecule has 0 unspecified atom stereocenters. The predicted molar refractivity (Wildman–Crippen MR) is 73.8 cm³/mol. The van der Waals surface area contributed by atoms with Crippen molar-refractivity contribution in [1.82, 2.24) is 0 Å². The number of benzene rings is 1. The van der Waals surface area contributed by atoms with Gasteiger partial charge >= 0.3 is 0 Å². The summed E-state index contributed by atoms with van der Waals surface area (Å²) in [6.07, 6.45) is 2.95. The fraction of sp³-hybridized carbons (Fsp3) is 0.438. The van der Waals surface area contributed by atoms with E-state index in [0.29, 0.717) is 19.6 Å². The monoisotopic (exact) mass is 260 g/mol. The molecule has 0 spiro atoms. The van der Waals surface area contributed by atoms with E-state index in [9.17, 15) is 4.79 Å². The molecule has 1 fully saturated rings. The fourth-order valence-electron chi connectivity index (χ4n) is 2.32. The lowest BCUT2D eigenvalue weighted by molar-refractivity contribution is -0.115. The number of hydrogen-bond donors (Lipinski definition) is 0. The predicted octanol–water partition coefficient (Wildman–Crippen LogP) is 2.90. The Kier molecular flexibility index (Phi) is 5.31. The van der Waals surface area contributed by atoms with E-state index < -0.39 is 0 Å². The summed E-state index contributed by atoms with van der Waals surface area (Å²) in [4.78, 5) is 10.5. The normalized spacial score (nSPS) is 23.3. The van der Waals surface area contributed by atoms with Gasteiger partial charge in [0.2, 0.25) is 0 Å². The van der Waals surface area contributed by atoms with Crippen LogP contribution in [0.1, 0.15) is 24.8 Å². The maximum absolute atomic E-state index is 10.5. The Morgan fingerprint density at radius 2 is 2.00 bits per heavy atom. The molecule has 3 nitrogen and oxygen atoms in total. The highest BCUT2D eigenvalue weighted by Gasteiger charge is 2.24. The molecule has 0 aromatic heterocycles. The fourth-order valence-corrected chi connectivity index (χ4v) is 2.32. The molecule has 0 bridgehead atoms. The Hall–Kier alpha value is -1.45. The summed E-state index contributed by atoms with van der Waals surface area (Å²) in [5.41, 5.74) is 2.30. The Labute approximate surface area is 114 Å². The zero-order valence-electron chi connectivity index (χ0n) is 11.1. The van der Waals surface area contributed by atoms with Crippen LogP contribution in [0.3, 0.4) is 0 Å². The Bertz CT molecular complexity index is 413. The standard InChI is InChI=1S/C16H20O3/c1-13-9-15(7-8-17)19-16(10-13)12-18-11-14-5-3-2-4-6-14/h2-6,8,15-16H,1,7,9-12H2/t15-,16-/m1/s1. The van der Waals surface area contributed by atoms with Crippen molar-refractivity contribution in [2.45, 2.75) is 38.1 Å². The number of carbonyl (C=O) groups excluding carboxylic acids is 1. The quantitative estimate of drug-likeness (QED) is 0.583. The Morgan fingerprint density at radius 3 is 2.74 bits per heavy atom. The minimum absolute atomic E-state index is 0.0231. The van der Waals surface area contributed by atoms with Crippen molar-refractivity contribution >= 4 is 6.29 Å². The molecule has 19 heavy (non-hydrogen) atoms. The first-order valence-corrected chi connectivity index (χ1v) is 6.65. The molecule has 0 aliphatic carbocycles. The maximum atomic E-state index is 10.5. The first-order valence-electron chi connectivity index (χ1n) is 6.65. The minimum Gasteiger partial charge on any atom is -0.374 e. The largest absolute Gasteiger partial charge is 0.374 e. The van der Waals surface area contributed by atoms with E-state index in [1.807, 2.05) is 30.3 Å². The van der Waals surface area contributed by atoms with Gasteiger partial charge < -0.3 is 14.3 Å². The first-order chi connectivity index (χ1) is 9.28. The van der Waals surface area contributed by atoms with E-state index in [2.05, 4.69) is 6.58 Å². The number of hydrogen-bond acceptors (Lipinski definition) is 3. The van der Waals surface area contributed by atoms with E-state index >= 15 is 0 Å². The molecule has 0 saturated carbocycles. The molecule has 102 valence electrons. The van der Waals surface area contributed by atoms with Gasteiger partial charge in [-0.3, -0.25) is 0 Å². The lowest BCUT2D eigenvalue weighted by Crippen LogP contribution is -2.32. The molecule has 1 heterocycles. The van der Waals surface area contributed by atoms with E-state index in [-0.39, 0.29) is 12.2 Å². The van der Waals surface area contributed by atoms with Gasteiger partial charge in [-0.1, -0.05) is 42.5 Å². The van der Waals surface area contributed by atoms with Gasteiger partial charge in [0.05, 0.1) is 25.4 Å². The second-order valence-electron chi connectivity index (χ2n) is 4.94. The molecule has 0 amide bonds. The summed E-state index contributed by atoms with van der Waals surface area (Å²) in [7, 11) is 0. The van der Waals surface area contributed by atoms with E-state index in [1.165, 1.54) is 0 Å². The van der Waals surface area contributed by atoms with Crippen molar-refractivity contribution in [3.63, 3.8) is 0 Å². The maximum Gasteiger partial charge on any atom is 0.122 e. The van der Waals surface area contributed by atoms with Gasteiger partial charge in [0.25, 0.3) is 0 Å². The van der Waals surface area contributed by atoms with Crippen molar-refractivity contribution in [2.75, 3.05) is 6.61 Å². The molecule has 1 aliphatic heterocycles. The highest BCUT2D eigenvalue weighted by Crippen LogP contribution is 2.24. The Balaban J connectivity index is 1.75. The molecule has 0 radical (unpaired) electrons.